The van der Waals surface area contributed by atoms with E-state index in [2.05, 4.69) is 10.1 Å². The number of hydrogen-bond donors (Lipinski definition) is 1. The number of carbonyl (C=O) groups is 1. The van der Waals surface area contributed by atoms with E-state index in [9.17, 15) is 4.79 Å². The Bertz CT molecular complexity index is 608. The summed E-state index contributed by atoms with van der Waals surface area (Å²) in [5.41, 5.74) is 0.877. The average molecular weight is 248 g/mol. The van der Waals surface area contributed by atoms with E-state index in [0.717, 1.165) is 10.4 Å². The molecule has 1 N–H and O–H groups in total. The summed E-state index contributed by atoms with van der Waals surface area (Å²) in [7, 11) is 0. The van der Waals surface area contributed by atoms with Gasteiger partial charge in [-0.05, 0) is 18.6 Å². The predicted octanol–water partition coefficient (Wildman–Crippen LogP) is 1.27. The largest absolute Gasteiger partial charge is 0.477 e. The van der Waals surface area contributed by atoms with Crippen molar-refractivity contribution in [3.8, 4) is 6.07 Å². The van der Waals surface area contributed by atoms with Gasteiger partial charge in [-0.25, -0.2) is 14.5 Å². The first kappa shape index (κ1) is 11.3. The minimum atomic E-state index is -0.930. The van der Waals surface area contributed by atoms with Crippen LogP contribution in [0, 0.1) is 18.3 Å². The highest BCUT2D eigenvalue weighted by atomic mass is 32.1. The molecule has 2 rings (SSSR count). The third kappa shape index (κ3) is 2.32. The monoisotopic (exact) mass is 248 g/mol. The van der Waals surface area contributed by atoms with E-state index in [1.165, 1.54) is 22.3 Å². The number of nitrogens with zero attached hydrogens (tertiary/aromatic N) is 4. The van der Waals surface area contributed by atoms with Crippen LogP contribution in [0.4, 0.5) is 0 Å². The fourth-order valence-corrected chi connectivity index (χ4v) is 2.25. The van der Waals surface area contributed by atoms with Gasteiger partial charge >= 0.3 is 5.97 Å². The SMILES string of the molecule is Cc1sc(C(=O)O)cc1Cn1cnc(C#N)n1. The Labute approximate surface area is 101 Å². The first-order valence-electron chi connectivity index (χ1n) is 4.72. The van der Waals surface area contributed by atoms with Gasteiger partial charge in [-0.15, -0.1) is 16.4 Å². The molecule has 0 spiro atoms. The Kier molecular flexibility index (Phi) is 2.89. The van der Waals surface area contributed by atoms with Gasteiger partial charge in [-0.3, -0.25) is 0 Å². The smallest absolute Gasteiger partial charge is 0.345 e. The molecule has 2 heterocycles. The number of carboxylic acids is 1. The van der Waals surface area contributed by atoms with Crippen molar-refractivity contribution in [1.82, 2.24) is 14.8 Å². The molecule has 0 aliphatic rings. The zero-order valence-corrected chi connectivity index (χ0v) is 9.73. The minimum Gasteiger partial charge on any atom is -0.477 e. The number of hydrogen-bond acceptors (Lipinski definition) is 5. The molecule has 0 aromatic carbocycles. The standard InChI is InChI=1S/C10H8N4O2S/c1-6-7(2-8(17-6)10(15)16)4-14-5-12-9(3-11)13-14/h2,5H,4H2,1H3,(H,15,16). The van der Waals surface area contributed by atoms with Crippen LogP contribution in [0.3, 0.4) is 0 Å². The number of aromatic carboxylic acids is 1. The summed E-state index contributed by atoms with van der Waals surface area (Å²) in [6.07, 6.45) is 1.45. The lowest BCUT2D eigenvalue weighted by molar-refractivity contribution is 0.0702. The van der Waals surface area contributed by atoms with Crippen molar-refractivity contribution in [2.75, 3.05) is 0 Å². The van der Waals surface area contributed by atoms with Crippen molar-refractivity contribution in [1.29, 1.82) is 5.26 Å². The van der Waals surface area contributed by atoms with Crippen LogP contribution in [0.2, 0.25) is 0 Å². The molecule has 0 atom stereocenters. The van der Waals surface area contributed by atoms with Gasteiger partial charge in [0.05, 0.1) is 6.54 Å². The van der Waals surface area contributed by atoms with Gasteiger partial charge in [-0.1, -0.05) is 0 Å². The molecular formula is C10H8N4O2S. The van der Waals surface area contributed by atoms with Crippen molar-refractivity contribution in [2.45, 2.75) is 13.5 Å². The van der Waals surface area contributed by atoms with E-state index in [-0.39, 0.29) is 5.82 Å². The Hall–Kier alpha value is -2.20. The number of rotatable bonds is 3. The summed E-state index contributed by atoms with van der Waals surface area (Å²) >= 11 is 1.23. The van der Waals surface area contributed by atoms with Crippen LogP contribution in [0.25, 0.3) is 0 Å². The number of nitriles is 1. The fraction of sp³-hybridized carbons (Fsp3) is 0.200. The molecule has 0 bridgehead atoms. The van der Waals surface area contributed by atoms with Crippen molar-refractivity contribution < 1.29 is 9.90 Å². The average Bonchev–Trinajstić information content (AvgIpc) is 2.87. The van der Waals surface area contributed by atoms with Crippen molar-refractivity contribution in [3.05, 3.63) is 33.5 Å². The second-order valence-electron chi connectivity index (χ2n) is 3.37. The highest BCUT2D eigenvalue weighted by molar-refractivity contribution is 7.14. The highest BCUT2D eigenvalue weighted by Gasteiger charge is 2.11. The normalized spacial score (nSPS) is 10.1. The van der Waals surface area contributed by atoms with Crippen molar-refractivity contribution in [2.24, 2.45) is 0 Å². The number of aryl methyl sites for hydroxylation is 1. The number of aromatic nitrogens is 3. The zero-order valence-electron chi connectivity index (χ0n) is 8.91. The molecule has 2 aromatic heterocycles. The molecule has 7 heteroatoms. The molecule has 0 aliphatic carbocycles. The van der Waals surface area contributed by atoms with Gasteiger partial charge in [-0.2, -0.15) is 5.26 Å². The topological polar surface area (TPSA) is 91.8 Å². The molecule has 0 fully saturated rings. The second-order valence-corrected chi connectivity index (χ2v) is 4.63. The molecule has 86 valence electrons. The number of carboxylic acid groups (broad SMARTS) is 1. The highest BCUT2D eigenvalue weighted by Crippen LogP contribution is 2.22. The summed E-state index contributed by atoms with van der Waals surface area (Å²) < 4.78 is 1.51. The Morgan fingerprint density at radius 1 is 1.71 bits per heavy atom. The molecule has 0 amide bonds. The molecule has 0 unspecified atom stereocenters. The summed E-state index contributed by atoms with van der Waals surface area (Å²) in [6, 6.07) is 3.46. The van der Waals surface area contributed by atoms with Crippen molar-refractivity contribution in [3.63, 3.8) is 0 Å². The lowest BCUT2D eigenvalue weighted by Gasteiger charge is -1.98. The summed E-state index contributed by atoms with van der Waals surface area (Å²) in [6.45, 7) is 2.28. The predicted molar refractivity (Wildman–Crippen MR) is 59.9 cm³/mol. The zero-order chi connectivity index (χ0) is 12.4. The van der Waals surface area contributed by atoms with E-state index in [1.54, 1.807) is 6.07 Å². The van der Waals surface area contributed by atoms with Gasteiger partial charge < -0.3 is 5.11 Å². The third-order valence-electron chi connectivity index (χ3n) is 2.20. The summed E-state index contributed by atoms with van der Waals surface area (Å²) in [5, 5.41) is 21.4. The van der Waals surface area contributed by atoms with E-state index in [1.807, 2.05) is 13.0 Å². The van der Waals surface area contributed by atoms with Gasteiger partial charge in [0.15, 0.2) is 0 Å². The van der Waals surface area contributed by atoms with E-state index < -0.39 is 5.97 Å². The maximum atomic E-state index is 10.8. The van der Waals surface area contributed by atoms with Crippen LogP contribution >= 0.6 is 11.3 Å². The van der Waals surface area contributed by atoms with Crippen molar-refractivity contribution >= 4 is 17.3 Å². The Morgan fingerprint density at radius 2 is 2.47 bits per heavy atom. The molecule has 17 heavy (non-hydrogen) atoms. The van der Waals surface area contributed by atoms with Crippen LogP contribution in [0.1, 0.15) is 25.9 Å². The minimum absolute atomic E-state index is 0.108. The van der Waals surface area contributed by atoms with Gasteiger partial charge in [0, 0.05) is 4.88 Å². The summed E-state index contributed by atoms with van der Waals surface area (Å²) in [5.74, 6) is -0.822. The molecule has 0 aliphatic heterocycles. The quantitative estimate of drug-likeness (QED) is 0.882. The molecular weight excluding hydrogens is 240 g/mol. The van der Waals surface area contributed by atoms with Crippen LogP contribution < -0.4 is 0 Å². The molecule has 6 nitrogen and oxygen atoms in total. The van der Waals surface area contributed by atoms with E-state index >= 15 is 0 Å². The van der Waals surface area contributed by atoms with Gasteiger partial charge in [0.25, 0.3) is 5.82 Å². The fourth-order valence-electron chi connectivity index (χ4n) is 1.38. The lowest BCUT2D eigenvalue weighted by Crippen LogP contribution is -2.00. The second kappa shape index (κ2) is 4.35. The molecule has 0 saturated carbocycles. The molecule has 2 aromatic rings. The molecule has 0 radical (unpaired) electrons. The Morgan fingerprint density at radius 3 is 3.00 bits per heavy atom. The Balaban J connectivity index is 2.24. The first-order chi connectivity index (χ1) is 8.10. The van der Waals surface area contributed by atoms with Gasteiger partial charge in [0.1, 0.15) is 17.3 Å². The van der Waals surface area contributed by atoms with E-state index in [0.29, 0.717) is 11.4 Å². The van der Waals surface area contributed by atoms with Crippen LogP contribution in [0.15, 0.2) is 12.4 Å². The van der Waals surface area contributed by atoms with E-state index in [4.69, 9.17) is 10.4 Å². The van der Waals surface area contributed by atoms with Gasteiger partial charge in [0.2, 0.25) is 0 Å². The lowest BCUT2D eigenvalue weighted by atomic mass is 10.2. The summed E-state index contributed by atoms with van der Waals surface area (Å²) in [4.78, 5) is 15.8. The first-order valence-corrected chi connectivity index (χ1v) is 5.54. The van der Waals surface area contributed by atoms with Crippen LogP contribution in [-0.2, 0) is 6.54 Å². The number of thiophene rings is 1. The maximum absolute atomic E-state index is 10.8. The van der Waals surface area contributed by atoms with Crippen LogP contribution in [0.5, 0.6) is 0 Å². The third-order valence-corrected chi connectivity index (χ3v) is 3.28. The van der Waals surface area contributed by atoms with Crippen LogP contribution in [-0.4, -0.2) is 25.8 Å². The molecule has 0 saturated heterocycles. The maximum Gasteiger partial charge on any atom is 0.345 e.